The van der Waals surface area contributed by atoms with Crippen molar-refractivity contribution < 1.29 is 31.9 Å². The van der Waals surface area contributed by atoms with E-state index < -0.39 is 24.0 Å². The number of aromatic nitrogens is 3. The largest absolute Gasteiger partial charge is 0.432 e. The number of fused-ring (bicyclic) bond motifs is 1. The van der Waals surface area contributed by atoms with E-state index in [0.717, 1.165) is 69.4 Å². The molecule has 4 aromatic rings. The molecule has 8 rings (SSSR count). The molecule has 4 aliphatic rings. The predicted octanol–water partition coefficient (Wildman–Crippen LogP) is 5.19. The molecule has 4 aliphatic heterocycles. The second-order valence-corrected chi connectivity index (χ2v) is 14.9. The maximum atomic E-state index is 15.0. The number of carbonyl (C=O) groups is 2. The Hall–Kier alpha value is -4.76. The molecule has 15 heteroatoms. The van der Waals surface area contributed by atoms with Crippen LogP contribution in [-0.2, 0) is 11.2 Å². The van der Waals surface area contributed by atoms with Gasteiger partial charge in [-0.3, -0.25) is 14.0 Å². The second kappa shape index (κ2) is 14.2. The molecular weight excluding hydrogens is 692 g/mol. The highest BCUT2D eigenvalue weighted by molar-refractivity contribution is 5.96. The number of hydrogen-bond acceptors (Lipinski definition) is 8. The van der Waals surface area contributed by atoms with Gasteiger partial charge in [-0.05, 0) is 87.1 Å². The lowest BCUT2D eigenvalue weighted by molar-refractivity contribution is -0.164. The number of ether oxygens (including phenoxy) is 1. The van der Waals surface area contributed by atoms with E-state index in [1.807, 2.05) is 22.8 Å². The Labute approximate surface area is 304 Å². The van der Waals surface area contributed by atoms with Gasteiger partial charge in [0.05, 0.1) is 11.9 Å². The van der Waals surface area contributed by atoms with Crippen molar-refractivity contribution in [3.63, 3.8) is 0 Å². The fourth-order valence-electron chi connectivity index (χ4n) is 8.29. The maximum absolute atomic E-state index is 15.0. The molecule has 0 atom stereocenters. The molecule has 1 spiro atoms. The Kier molecular flexibility index (Phi) is 9.47. The minimum atomic E-state index is -3.30. The Bertz CT molecular complexity index is 2020. The number of hydrogen-bond donors (Lipinski definition) is 2. The predicted molar refractivity (Wildman–Crippen MR) is 189 cm³/mol. The van der Waals surface area contributed by atoms with E-state index in [1.165, 1.54) is 29.4 Å². The van der Waals surface area contributed by atoms with Crippen LogP contribution in [0.4, 0.5) is 29.1 Å². The first kappa shape index (κ1) is 35.3. The molecule has 53 heavy (non-hydrogen) atoms. The number of amides is 2. The zero-order valence-electron chi connectivity index (χ0n) is 29.5. The summed E-state index contributed by atoms with van der Waals surface area (Å²) in [4.78, 5) is 42.2. The maximum Gasteiger partial charge on any atom is 0.387 e. The summed E-state index contributed by atoms with van der Waals surface area (Å²) in [7, 11) is 0. The number of alkyl halides is 2. The number of halogens is 4. The van der Waals surface area contributed by atoms with Crippen LogP contribution >= 0.6 is 0 Å². The van der Waals surface area contributed by atoms with Crippen molar-refractivity contribution in [2.45, 2.75) is 39.2 Å². The molecule has 11 nitrogen and oxygen atoms in total. The summed E-state index contributed by atoms with van der Waals surface area (Å²) in [5.74, 6) is -2.51. The van der Waals surface area contributed by atoms with Crippen LogP contribution < -0.4 is 15.4 Å². The van der Waals surface area contributed by atoms with Crippen LogP contribution in [0.5, 0.6) is 5.75 Å². The Balaban J connectivity index is 0.875. The van der Waals surface area contributed by atoms with Gasteiger partial charge in [0.25, 0.3) is 5.91 Å². The van der Waals surface area contributed by atoms with E-state index in [9.17, 15) is 27.2 Å². The molecule has 2 N–H and O–H groups in total. The molecule has 0 saturated carbocycles. The number of rotatable bonds is 11. The van der Waals surface area contributed by atoms with Crippen LogP contribution in [0.1, 0.15) is 42.1 Å². The van der Waals surface area contributed by atoms with Gasteiger partial charge in [0, 0.05) is 79.8 Å². The van der Waals surface area contributed by atoms with Gasteiger partial charge in [-0.1, -0.05) is 6.92 Å². The van der Waals surface area contributed by atoms with E-state index in [-0.39, 0.29) is 34.4 Å². The van der Waals surface area contributed by atoms with Crippen molar-refractivity contribution >= 4 is 29.0 Å². The number of aryl methyl sites for hydroxylation is 1. The summed E-state index contributed by atoms with van der Waals surface area (Å²) in [6.45, 7) is 7.07. The Morgan fingerprint density at radius 1 is 1.02 bits per heavy atom. The van der Waals surface area contributed by atoms with Gasteiger partial charge in [0.1, 0.15) is 0 Å². The van der Waals surface area contributed by atoms with E-state index in [2.05, 4.69) is 30.2 Å². The lowest BCUT2D eigenvalue weighted by Crippen LogP contribution is -2.73. The molecule has 0 radical (unpaired) electrons. The van der Waals surface area contributed by atoms with E-state index in [1.54, 1.807) is 12.1 Å². The number of likely N-dealkylation sites (tertiary alicyclic amines) is 3. The van der Waals surface area contributed by atoms with Crippen molar-refractivity contribution in [3.05, 3.63) is 71.7 Å². The van der Waals surface area contributed by atoms with Crippen LogP contribution in [-0.4, -0.2) is 106 Å². The molecule has 2 aromatic carbocycles. The fourth-order valence-corrected chi connectivity index (χ4v) is 8.29. The number of nitrogens with zero attached hydrogens (tertiary/aromatic N) is 6. The minimum absolute atomic E-state index is 0.0521. The highest BCUT2D eigenvalue weighted by Crippen LogP contribution is 2.41. The smallest absolute Gasteiger partial charge is 0.387 e. The topological polar surface area (TPSA) is 107 Å². The summed E-state index contributed by atoms with van der Waals surface area (Å²) in [6, 6.07) is 7.52. The van der Waals surface area contributed by atoms with E-state index in [4.69, 9.17) is 0 Å². The average molecular weight is 735 g/mol. The van der Waals surface area contributed by atoms with Crippen molar-refractivity contribution in [2.75, 3.05) is 64.2 Å². The van der Waals surface area contributed by atoms with Crippen LogP contribution in [0.2, 0.25) is 0 Å². The normalized spacial score (nSPS) is 19.0. The van der Waals surface area contributed by atoms with Crippen LogP contribution in [0.15, 0.2) is 48.9 Å². The number of carbonyl (C=O) groups excluding carboxylic acids is 2. The van der Waals surface area contributed by atoms with Gasteiger partial charge in [0.15, 0.2) is 23.0 Å². The third-order valence-electron chi connectivity index (χ3n) is 11.3. The summed E-state index contributed by atoms with van der Waals surface area (Å²) in [5, 5.41) is 6.56. The molecular formula is C38H42F4N8O3. The number of imidazole rings is 1. The van der Waals surface area contributed by atoms with Crippen LogP contribution in [0.3, 0.4) is 0 Å². The molecule has 2 aromatic heterocycles. The van der Waals surface area contributed by atoms with Crippen LogP contribution in [0.25, 0.3) is 16.9 Å². The third-order valence-corrected chi connectivity index (χ3v) is 11.3. The van der Waals surface area contributed by atoms with E-state index in [0.29, 0.717) is 55.1 Å². The fraction of sp³-hybridized carbons (Fsp3) is 0.474. The Morgan fingerprint density at radius 2 is 1.79 bits per heavy atom. The van der Waals surface area contributed by atoms with Crippen molar-refractivity contribution in [2.24, 2.45) is 17.3 Å². The molecule has 4 fully saturated rings. The molecule has 0 unspecified atom stereocenters. The highest BCUT2D eigenvalue weighted by atomic mass is 19.3. The molecule has 0 bridgehead atoms. The number of piperidine rings is 1. The highest BCUT2D eigenvalue weighted by Gasteiger charge is 2.53. The van der Waals surface area contributed by atoms with Gasteiger partial charge in [-0.15, -0.1) is 0 Å². The quantitative estimate of drug-likeness (QED) is 0.203. The minimum Gasteiger partial charge on any atom is -0.432 e. The molecule has 0 aliphatic carbocycles. The molecule has 4 saturated heterocycles. The number of benzene rings is 2. The number of nitrogens with one attached hydrogen (secondary N) is 2. The summed E-state index contributed by atoms with van der Waals surface area (Å²) < 4.78 is 60.2. The van der Waals surface area contributed by atoms with Gasteiger partial charge in [0.2, 0.25) is 11.7 Å². The molecule has 280 valence electrons. The molecule has 2 amide bonds. The summed E-state index contributed by atoms with van der Waals surface area (Å²) in [6.07, 6.45) is 7.49. The summed E-state index contributed by atoms with van der Waals surface area (Å²) >= 11 is 0. The first-order valence-corrected chi connectivity index (χ1v) is 18.3. The van der Waals surface area contributed by atoms with Crippen molar-refractivity contribution in [1.82, 2.24) is 34.4 Å². The van der Waals surface area contributed by atoms with Crippen molar-refractivity contribution in [3.8, 4) is 17.0 Å². The lowest BCUT2D eigenvalue weighted by atomic mass is 9.72. The third kappa shape index (κ3) is 6.80. The first-order chi connectivity index (χ1) is 25.6. The SMILES string of the molecule is CCc1cc(Nc2nccn3c(-c4ccc(OC(F)F)c(F)c4F)cnc23)ccc1C(=O)N1CCC(C(=O)N2CC3(CN(CCC4CNC4)C3)C2)CC1. The van der Waals surface area contributed by atoms with Gasteiger partial charge in [-0.25, -0.2) is 14.4 Å². The molecule has 6 heterocycles. The van der Waals surface area contributed by atoms with E-state index >= 15 is 0 Å². The zero-order valence-corrected chi connectivity index (χ0v) is 29.5. The van der Waals surface area contributed by atoms with Crippen molar-refractivity contribution in [1.29, 1.82) is 0 Å². The zero-order chi connectivity index (χ0) is 36.9. The summed E-state index contributed by atoms with van der Waals surface area (Å²) in [5.41, 5.74) is 2.67. The number of anilines is 2. The monoisotopic (exact) mass is 734 g/mol. The van der Waals surface area contributed by atoms with Crippen LogP contribution in [0, 0.1) is 28.9 Å². The van der Waals surface area contributed by atoms with Gasteiger partial charge >= 0.3 is 6.61 Å². The average Bonchev–Trinajstić information content (AvgIpc) is 3.54. The Morgan fingerprint density at radius 3 is 2.49 bits per heavy atom. The van der Waals surface area contributed by atoms with Gasteiger partial charge in [-0.2, -0.15) is 13.2 Å². The standard InChI is InChI=1S/C38H42F4N8O3/c1-2-24-15-26(46-33-34-45-18-29(50(34)14-10-44-33)28-5-6-30(53-37(41)42)32(40)31(28)39)3-4-27(24)36(52)48-12-8-25(9-13-48)35(51)49-21-38(22-49)19-47(20-38)11-7-23-16-43-17-23/h3-6,10,14-15,18,23,25,37,43H,2,7-9,11-13,16-17,19-22H2,1H3,(H,44,46). The van der Waals surface area contributed by atoms with Gasteiger partial charge < -0.3 is 30.1 Å². The lowest BCUT2D eigenvalue weighted by Gasteiger charge is -2.61. The first-order valence-electron chi connectivity index (χ1n) is 18.3. The second-order valence-electron chi connectivity index (χ2n) is 14.9.